The second kappa shape index (κ2) is 12.7. The fourth-order valence-electron chi connectivity index (χ4n) is 3.26. The lowest BCUT2D eigenvalue weighted by Gasteiger charge is -2.29. The van der Waals surface area contributed by atoms with Crippen molar-refractivity contribution in [1.82, 2.24) is 16.0 Å². The van der Waals surface area contributed by atoms with E-state index in [0.29, 0.717) is 12.5 Å². The smallest absolute Gasteiger partial charge is 0.191 e. The second-order valence-corrected chi connectivity index (χ2v) is 7.90. The number of aliphatic hydroxyl groups is 1. The molecule has 0 heterocycles. The lowest BCUT2D eigenvalue weighted by atomic mass is 10.0. The molecule has 0 spiro atoms. The van der Waals surface area contributed by atoms with E-state index in [1.807, 2.05) is 6.07 Å². The van der Waals surface area contributed by atoms with Crippen LogP contribution in [0.4, 0.5) is 0 Å². The molecular weight excluding hydrogens is 336 g/mol. The van der Waals surface area contributed by atoms with Crippen molar-refractivity contribution in [2.75, 3.05) is 26.2 Å². The van der Waals surface area contributed by atoms with Crippen molar-refractivity contribution in [3.05, 3.63) is 35.9 Å². The van der Waals surface area contributed by atoms with Crippen LogP contribution >= 0.6 is 0 Å². The van der Waals surface area contributed by atoms with Gasteiger partial charge in [0.05, 0.1) is 6.54 Å². The Balaban J connectivity index is 2.63. The van der Waals surface area contributed by atoms with Gasteiger partial charge in [-0.3, -0.25) is 4.99 Å². The SMILES string of the molecule is CCCC(CCO)CNC(=NCC(C)(C)NC(C)c1ccccc1)NCC. The van der Waals surface area contributed by atoms with E-state index in [2.05, 4.69) is 74.8 Å². The monoisotopic (exact) mass is 376 g/mol. The van der Waals surface area contributed by atoms with Gasteiger partial charge < -0.3 is 21.1 Å². The molecule has 1 rings (SSSR count). The van der Waals surface area contributed by atoms with Crippen LogP contribution in [0.3, 0.4) is 0 Å². The summed E-state index contributed by atoms with van der Waals surface area (Å²) < 4.78 is 0. The number of rotatable bonds is 12. The molecule has 0 aliphatic heterocycles. The topological polar surface area (TPSA) is 68.7 Å². The number of aliphatic hydroxyl groups excluding tert-OH is 1. The summed E-state index contributed by atoms with van der Waals surface area (Å²) >= 11 is 0. The van der Waals surface area contributed by atoms with Crippen LogP contribution in [0.5, 0.6) is 0 Å². The minimum Gasteiger partial charge on any atom is -0.396 e. The highest BCUT2D eigenvalue weighted by Gasteiger charge is 2.20. The lowest BCUT2D eigenvalue weighted by molar-refractivity contribution is 0.251. The standard InChI is InChI=1S/C22H40N4O/c1-6-11-19(14-15-27)16-24-21(23-7-2)25-17-22(4,5)26-18(3)20-12-9-8-10-13-20/h8-10,12-13,18-19,26-27H,6-7,11,14-17H2,1-5H3,(H2,23,24,25). The molecule has 0 saturated heterocycles. The largest absolute Gasteiger partial charge is 0.396 e. The molecule has 2 unspecified atom stereocenters. The average Bonchev–Trinajstić information content (AvgIpc) is 2.64. The third kappa shape index (κ3) is 9.78. The zero-order chi connectivity index (χ0) is 20.1. The van der Waals surface area contributed by atoms with E-state index in [0.717, 1.165) is 38.3 Å². The van der Waals surface area contributed by atoms with E-state index in [-0.39, 0.29) is 18.2 Å². The maximum atomic E-state index is 9.24. The van der Waals surface area contributed by atoms with Crippen LogP contribution in [0, 0.1) is 5.92 Å². The zero-order valence-corrected chi connectivity index (χ0v) is 17.9. The Bertz CT molecular complexity index is 524. The summed E-state index contributed by atoms with van der Waals surface area (Å²) in [6.45, 7) is 13.4. The Morgan fingerprint density at radius 1 is 1.11 bits per heavy atom. The summed E-state index contributed by atoms with van der Waals surface area (Å²) in [5.74, 6) is 1.33. The van der Waals surface area contributed by atoms with Gasteiger partial charge in [0.25, 0.3) is 0 Å². The number of hydrogen-bond acceptors (Lipinski definition) is 3. The number of hydrogen-bond donors (Lipinski definition) is 4. The molecule has 1 aromatic carbocycles. The van der Waals surface area contributed by atoms with Gasteiger partial charge >= 0.3 is 0 Å². The molecular formula is C22H40N4O. The normalized spacial score (nSPS) is 14.7. The van der Waals surface area contributed by atoms with E-state index in [4.69, 9.17) is 4.99 Å². The first-order valence-electron chi connectivity index (χ1n) is 10.4. The molecule has 0 radical (unpaired) electrons. The Hall–Kier alpha value is -1.59. The highest BCUT2D eigenvalue weighted by atomic mass is 16.3. The van der Waals surface area contributed by atoms with Gasteiger partial charge in [0.15, 0.2) is 5.96 Å². The first kappa shape index (κ1) is 23.4. The van der Waals surface area contributed by atoms with Crippen LogP contribution in [0.15, 0.2) is 35.3 Å². The molecule has 154 valence electrons. The quantitative estimate of drug-likeness (QED) is 0.333. The molecule has 2 atom stereocenters. The summed E-state index contributed by atoms with van der Waals surface area (Å²) in [6, 6.07) is 10.8. The minimum absolute atomic E-state index is 0.120. The summed E-state index contributed by atoms with van der Waals surface area (Å²) in [5.41, 5.74) is 1.16. The fraction of sp³-hybridized carbons (Fsp3) is 0.682. The van der Waals surface area contributed by atoms with E-state index >= 15 is 0 Å². The molecule has 0 aliphatic rings. The van der Waals surface area contributed by atoms with Crippen LogP contribution in [-0.4, -0.2) is 42.8 Å². The first-order valence-corrected chi connectivity index (χ1v) is 10.4. The molecule has 5 heteroatoms. The van der Waals surface area contributed by atoms with Crippen LogP contribution in [0.2, 0.25) is 0 Å². The molecule has 0 aliphatic carbocycles. The van der Waals surface area contributed by atoms with Gasteiger partial charge in [0.2, 0.25) is 0 Å². The maximum Gasteiger partial charge on any atom is 0.191 e. The second-order valence-electron chi connectivity index (χ2n) is 7.90. The maximum absolute atomic E-state index is 9.24. The fourth-order valence-corrected chi connectivity index (χ4v) is 3.26. The number of nitrogens with zero attached hydrogens (tertiary/aromatic N) is 1. The van der Waals surface area contributed by atoms with E-state index in [1.165, 1.54) is 5.56 Å². The van der Waals surface area contributed by atoms with E-state index in [1.54, 1.807) is 0 Å². The van der Waals surface area contributed by atoms with Gasteiger partial charge in [-0.25, -0.2) is 0 Å². The number of guanidine groups is 1. The average molecular weight is 377 g/mol. The minimum atomic E-state index is -0.120. The summed E-state index contributed by atoms with van der Waals surface area (Å²) in [5, 5.41) is 19.7. The number of aliphatic imine (C=N–C) groups is 1. The molecule has 1 aromatic rings. The highest BCUT2D eigenvalue weighted by Crippen LogP contribution is 2.16. The van der Waals surface area contributed by atoms with Crippen molar-refractivity contribution in [3.63, 3.8) is 0 Å². The van der Waals surface area contributed by atoms with Crippen molar-refractivity contribution in [2.45, 2.75) is 65.5 Å². The van der Waals surface area contributed by atoms with Crippen LogP contribution in [0.1, 0.15) is 65.5 Å². The molecule has 0 amide bonds. The van der Waals surface area contributed by atoms with Gasteiger partial charge in [-0.1, -0.05) is 43.7 Å². The van der Waals surface area contributed by atoms with Crippen LogP contribution < -0.4 is 16.0 Å². The summed E-state index contributed by atoms with van der Waals surface area (Å²) in [4.78, 5) is 4.79. The van der Waals surface area contributed by atoms with Crippen molar-refractivity contribution < 1.29 is 5.11 Å². The lowest BCUT2D eigenvalue weighted by Crippen LogP contribution is -2.46. The van der Waals surface area contributed by atoms with E-state index < -0.39 is 0 Å². The Kier molecular flexibility index (Phi) is 11.1. The predicted octanol–water partition coefficient (Wildman–Crippen LogP) is 3.47. The highest BCUT2D eigenvalue weighted by molar-refractivity contribution is 5.79. The Morgan fingerprint density at radius 3 is 2.41 bits per heavy atom. The predicted molar refractivity (Wildman–Crippen MR) is 116 cm³/mol. The Morgan fingerprint density at radius 2 is 1.81 bits per heavy atom. The molecule has 0 saturated carbocycles. The van der Waals surface area contributed by atoms with Gasteiger partial charge in [0.1, 0.15) is 0 Å². The molecule has 4 N–H and O–H groups in total. The van der Waals surface area contributed by atoms with Crippen LogP contribution in [-0.2, 0) is 0 Å². The summed E-state index contributed by atoms with van der Waals surface area (Å²) in [7, 11) is 0. The first-order chi connectivity index (χ1) is 12.9. The summed E-state index contributed by atoms with van der Waals surface area (Å²) in [6.07, 6.45) is 3.09. The van der Waals surface area contributed by atoms with Crippen molar-refractivity contribution >= 4 is 5.96 Å². The zero-order valence-electron chi connectivity index (χ0n) is 17.9. The Labute approximate surface area is 166 Å². The molecule has 0 aromatic heterocycles. The van der Waals surface area contributed by atoms with Crippen molar-refractivity contribution in [3.8, 4) is 0 Å². The number of nitrogens with one attached hydrogen (secondary N) is 3. The molecule has 0 bridgehead atoms. The number of benzene rings is 1. The van der Waals surface area contributed by atoms with Gasteiger partial charge in [-0.15, -0.1) is 0 Å². The third-order valence-corrected chi connectivity index (χ3v) is 4.68. The van der Waals surface area contributed by atoms with Gasteiger partial charge in [-0.05, 0) is 52.0 Å². The van der Waals surface area contributed by atoms with Crippen molar-refractivity contribution in [2.24, 2.45) is 10.9 Å². The molecule has 5 nitrogen and oxygen atoms in total. The van der Waals surface area contributed by atoms with E-state index in [9.17, 15) is 5.11 Å². The molecule has 0 fully saturated rings. The third-order valence-electron chi connectivity index (χ3n) is 4.68. The van der Waals surface area contributed by atoms with Gasteiger partial charge in [-0.2, -0.15) is 0 Å². The van der Waals surface area contributed by atoms with Gasteiger partial charge in [0, 0.05) is 31.3 Å². The van der Waals surface area contributed by atoms with Crippen molar-refractivity contribution in [1.29, 1.82) is 0 Å². The molecule has 27 heavy (non-hydrogen) atoms. The van der Waals surface area contributed by atoms with Crippen LogP contribution in [0.25, 0.3) is 0 Å².